The second-order valence-corrected chi connectivity index (χ2v) is 5.18. The van der Waals surface area contributed by atoms with Gasteiger partial charge in [-0.3, -0.25) is 9.59 Å². The van der Waals surface area contributed by atoms with Gasteiger partial charge in [-0.05, 0) is 37.6 Å². The lowest BCUT2D eigenvalue weighted by molar-refractivity contribution is 0.0939. The van der Waals surface area contributed by atoms with E-state index in [2.05, 4.69) is 5.32 Å². The highest BCUT2D eigenvalue weighted by molar-refractivity contribution is 5.94. The van der Waals surface area contributed by atoms with Crippen LogP contribution in [0.25, 0.3) is 0 Å². The number of rotatable bonds is 5. The van der Waals surface area contributed by atoms with E-state index in [1.165, 1.54) is 29.0 Å². The summed E-state index contributed by atoms with van der Waals surface area (Å²) in [6.45, 7) is 3.92. The van der Waals surface area contributed by atoms with E-state index in [1.807, 2.05) is 0 Å². The Morgan fingerprint density at radius 1 is 1.35 bits per heavy atom. The van der Waals surface area contributed by atoms with E-state index in [1.54, 1.807) is 33.0 Å². The van der Waals surface area contributed by atoms with Gasteiger partial charge in [0.2, 0.25) is 5.56 Å². The Morgan fingerprint density at radius 3 is 2.70 bits per heavy atom. The minimum Gasteiger partial charge on any atom is -0.491 e. The van der Waals surface area contributed by atoms with E-state index < -0.39 is 5.82 Å². The molecule has 0 radical (unpaired) electrons. The Bertz CT molecular complexity index is 771. The van der Waals surface area contributed by atoms with E-state index in [-0.39, 0.29) is 23.3 Å². The number of nitrogens with one attached hydrogen (secondary N) is 1. The molecule has 1 amide bonds. The number of ether oxygens (including phenoxy) is 1. The van der Waals surface area contributed by atoms with E-state index in [0.29, 0.717) is 17.7 Å². The molecule has 0 aliphatic heterocycles. The molecule has 6 heteroatoms. The zero-order valence-electron chi connectivity index (χ0n) is 13.3. The number of nitrogens with zero attached hydrogens (tertiary/aromatic N) is 1. The smallest absolute Gasteiger partial charge is 0.253 e. The van der Waals surface area contributed by atoms with Crippen molar-refractivity contribution in [1.82, 2.24) is 9.88 Å². The van der Waals surface area contributed by atoms with Gasteiger partial charge in [0, 0.05) is 19.3 Å². The number of hydrogen-bond donors (Lipinski definition) is 1. The van der Waals surface area contributed by atoms with Gasteiger partial charge in [-0.2, -0.15) is 0 Å². The molecule has 1 heterocycles. The van der Waals surface area contributed by atoms with Crippen molar-refractivity contribution < 1.29 is 13.9 Å². The van der Waals surface area contributed by atoms with Gasteiger partial charge in [0.25, 0.3) is 5.91 Å². The number of carbonyl (C=O) groups excluding carboxylic acids is 1. The number of amides is 1. The topological polar surface area (TPSA) is 60.3 Å². The van der Waals surface area contributed by atoms with Crippen molar-refractivity contribution in [3.05, 3.63) is 63.8 Å². The molecular formula is C17H19FN2O3. The van der Waals surface area contributed by atoms with Crippen LogP contribution in [-0.4, -0.2) is 17.1 Å². The van der Waals surface area contributed by atoms with Crippen LogP contribution in [0.2, 0.25) is 0 Å². The molecule has 5 nitrogen and oxygen atoms in total. The molecule has 2 rings (SSSR count). The number of aromatic nitrogens is 1. The predicted molar refractivity (Wildman–Crippen MR) is 85.1 cm³/mol. The summed E-state index contributed by atoms with van der Waals surface area (Å²) in [5.41, 5.74) is 0.803. The van der Waals surface area contributed by atoms with Crippen LogP contribution in [-0.2, 0) is 7.05 Å². The van der Waals surface area contributed by atoms with Gasteiger partial charge < -0.3 is 14.6 Å². The van der Waals surface area contributed by atoms with Crippen molar-refractivity contribution in [2.75, 3.05) is 6.61 Å². The second-order valence-electron chi connectivity index (χ2n) is 5.18. The van der Waals surface area contributed by atoms with Gasteiger partial charge >= 0.3 is 0 Å². The summed E-state index contributed by atoms with van der Waals surface area (Å²) in [6, 6.07) is 7.00. The first-order valence-electron chi connectivity index (χ1n) is 7.32. The van der Waals surface area contributed by atoms with E-state index in [9.17, 15) is 14.0 Å². The van der Waals surface area contributed by atoms with Crippen LogP contribution >= 0.6 is 0 Å². The molecule has 0 saturated carbocycles. The van der Waals surface area contributed by atoms with Crippen LogP contribution in [0.4, 0.5) is 4.39 Å². The zero-order chi connectivity index (χ0) is 17.0. The number of halogens is 1. The number of aryl methyl sites for hydroxylation is 1. The molecule has 1 aromatic carbocycles. The third kappa shape index (κ3) is 3.97. The standard InChI is InChI=1S/C17H19FN2O3/c1-4-23-15-7-5-12(9-14(15)18)11(2)19-17(22)13-6-8-16(21)20(3)10-13/h5-11H,4H2,1-3H3,(H,19,22)/t11-/m0/s1. The van der Waals surface area contributed by atoms with Gasteiger partial charge in [0.15, 0.2) is 11.6 Å². The van der Waals surface area contributed by atoms with E-state index in [4.69, 9.17) is 4.74 Å². The van der Waals surface area contributed by atoms with Crippen molar-refractivity contribution in [3.63, 3.8) is 0 Å². The molecule has 0 unspecified atom stereocenters. The van der Waals surface area contributed by atoms with Gasteiger partial charge in [0.05, 0.1) is 18.2 Å². The van der Waals surface area contributed by atoms with Crippen LogP contribution in [0.1, 0.15) is 35.8 Å². The molecule has 0 spiro atoms. The van der Waals surface area contributed by atoms with Crippen LogP contribution in [0.3, 0.4) is 0 Å². The van der Waals surface area contributed by atoms with Gasteiger partial charge in [-0.25, -0.2) is 4.39 Å². The Balaban J connectivity index is 2.13. The number of carbonyl (C=O) groups is 1. The highest BCUT2D eigenvalue weighted by Gasteiger charge is 2.14. The van der Waals surface area contributed by atoms with Crippen LogP contribution in [0.15, 0.2) is 41.3 Å². The third-order valence-electron chi connectivity index (χ3n) is 3.45. The molecule has 122 valence electrons. The minimum atomic E-state index is -0.465. The summed E-state index contributed by atoms with van der Waals surface area (Å²) in [5, 5.41) is 2.78. The van der Waals surface area contributed by atoms with Crippen molar-refractivity contribution >= 4 is 5.91 Å². The van der Waals surface area contributed by atoms with Crippen molar-refractivity contribution in [2.24, 2.45) is 7.05 Å². The van der Waals surface area contributed by atoms with Crippen LogP contribution in [0.5, 0.6) is 5.75 Å². The summed E-state index contributed by atoms with van der Waals surface area (Å²) >= 11 is 0. The zero-order valence-corrected chi connectivity index (χ0v) is 13.3. The highest BCUT2D eigenvalue weighted by atomic mass is 19.1. The number of pyridine rings is 1. The van der Waals surface area contributed by atoms with E-state index in [0.717, 1.165) is 0 Å². The largest absolute Gasteiger partial charge is 0.491 e. The maximum absolute atomic E-state index is 13.9. The molecular weight excluding hydrogens is 299 g/mol. The van der Waals surface area contributed by atoms with Gasteiger partial charge in [-0.1, -0.05) is 6.07 Å². The molecule has 0 aliphatic rings. The Hall–Kier alpha value is -2.63. The van der Waals surface area contributed by atoms with Crippen molar-refractivity contribution in [3.8, 4) is 5.75 Å². The normalized spacial score (nSPS) is 11.8. The Kier molecular flexibility index (Phi) is 5.16. The summed E-state index contributed by atoms with van der Waals surface area (Å²) in [4.78, 5) is 23.5. The van der Waals surface area contributed by atoms with Gasteiger partial charge in [-0.15, -0.1) is 0 Å². The lowest BCUT2D eigenvalue weighted by atomic mass is 10.1. The first-order valence-corrected chi connectivity index (χ1v) is 7.32. The monoisotopic (exact) mass is 318 g/mol. The maximum Gasteiger partial charge on any atom is 0.253 e. The lowest BCUT2D eigenvalue weighted by Gasteiger charge is -2.15. The molecule has 0 bridgehead atoms. The van der Waals surface area contributed by atoms with Crippen LogP contribution < -0.4 is 15.6 Å². The predicted octanol–water partition coefficient (Wildman–Crippen LogP) is 2.41. The Labute approximate surface area is 133 Å². The molecule has 0 saturated heterocycles. The third-order valence-corrected chi connectivity index (χ3v) is 3.45. The maximum atomic E-state index is 13.9. The second kappa shape index (κ2) is 7.09. The first kappa shape index (κ1) is 16.7. The molecule has 1 N–H and O–H groups in total. The summed E-state index contributed by atoms with van der Waals surface area (Å²) in [6.07, 6.45) is 1.46. The lowest BCUT2D eigenvalue weighted by Crippen LogP contribution is -2.28. The first-order chi connectivity index (χ1) is 10.9. The molecule has 23 heavy (non-hydrogen) atoms. The Morgan fingerprint density at radius 2 is 2.09 bits per heavy atom. The van der Waals surface area contributed by atoms with E-state index >= 15 is 0 Å². The number of benzene rings is 1. The summed E-state index contributed by atoms with van der Waals surface area (Å²) < 4.78 is 20.4. The van der Waals surface area contributed by atoms with Gasteiger partial charge in [0.1, 0.15) is 0 Å². The molecule has 1 aromatic heterocycles. The molecule has 0 fully saturated rings. The van der Waals surface area contributed by atoms with Crippen LogP contribution in [0, 0.1) is 5.82 Å². The fourth-order valence-corrected chi connectivity index (χ4v) is 2.15. The number of hydrogen-bond acceptors (Lipinski definition) is 3. The quantitative estimate of drug-likeness (QED) is 0.921. The van der Waals surface area contributed by atoms with Crippen molar-refractivity contribution in [1.29, 1.82) is 0 Å². The summed E-state index contributed by atoms with van der Waals surface area (Å²) in [5.74, 6) is -0.609. The minimum absolute atomic E-state index is 0.188. The summed E-state index contributed by atoms with van der Waals surface area (Å²) in [7, 11) is 1.57. The fourth-order valence-electron chi connectivity index (χ4n) is 2.15. The van der Waals surface area contributed by atoms with Crippen molar-refractivity contribution in [2.45, 2.75) is 19.9 Å². The molecule has 0 aliphatic carbocycles. The highest BCUT2D eigenvalue weighted by Crippen LogP contribution is 2.22. The fraction of sp³-hybridized carbons (Fsp3) is 0.294. The average molecular weight is 318 g/mol. The molecule has 2 aromatic rings. The SMILES string of the molecule is CCOc1ccc([C@H](C)NC(=O)c2ccc(=O)n(C)c2)cc1F. The molecule has 1 atom stereocenters. The average Bonchev–Trinajstić information content (AvgIpc) is 2.52.